The van der Waals surface area contributed by atoms with Crippen molar-refractivity contribution in [1.82, 2.24) is 5.32 Å². The van der Waals surface area contributed by atoms with Crippen molar-refractivity contribution >= 4 is 11.9 Å². The van der Waals surface area contributed by atoms with Crippen molar-refractivity contribution in [2.24, 2.45) is 17.8 Å². The molecule has 0 bridgehead atoms. The Morgan fingerprint density at radius 2 is 2.09 bits per heavy atom. The fraction of sp³-hybridized carbons (Fsp3) is 0.529. The standard InChI is InChI=1S/C17H21NO4/c19-16(18-9-13(17(20)21)7-11-5-6-11)14-8-12-3-1-2-4-15(12)22-10-14/h1-4,11,13-14H,5-10H2,(H,18,19)(H,20,21). The zero-order chi connectivity index (χ0) is 15.5. The van der Waals surface area contributed by atoms with E-state index in [0.717, 1.165) is 24.2 Å². The molecule has 0 saturated heterocycles. The first-order valence-electron chi connectivity index (χ1n) is 7.84. The van der Waals surface area contributed by atoms with E-state index >= 15 is 0 Å². The predicted molar refractivity (Wildman–Crippen MR) is 80.6 cm³/mol. The molecule has 0 spiro atoms. The third-order valence-electron chi connectivity index (χ3n) is 4.44. The lowest BCUT2D eigenvalue weighted by molar-refractivity contribution is -0.142. The number of hydrogen-bond acceptors (Lipinski definition) is 3. The first kappa shape index (κ1) is 14.9. The quantitative estimate of drug-likeness (QED) is 0.841. The fourth-order valence-corrected chi connectivity index (χ4v) is 2.89. The van der Waals surface area contributed by atoms with Crippen LogP contribution in [-0.4, -0.2) is 30.1 Å². The summed E-state index contributed by atoms with van der Waals surface area (Å²) in [5.74, 6) is -0.293. The second-order valence-electron chi connectivity index (χ2n) is 6.28. The van der Waals surface area contributed by atoms with Crippen molar-refractivity contribution in [2.75, 3.05) is 13.2 Å². The molecular formula is C17H21NO4. The van der Waals surface area contributed by atoms with Gasteiger partial charge in [0.05, 0.1) is 11.8 Å². The van der Waals surface area contributed by atoms with Crippen LogP contribution in [0.2, 0.25) is 0 Å². The second kappa shape index (κ2) is 6.38. The molecule has 1 aliphatic carbocycles. The van der Waals surface area contributed by atoms with Gasteiger partial charge in [-0.05, 0) is 30.4 Å². The molecule has 2 N–H and O–H groups in total. The molecule has 0 radical (unpaired) electrons. The maximum absolute atomic E-state index is 12.3. The van der Waals surface area contributed by atoms with Crippen LogP contribution in [0.25, 0.3) is 0 Å². The van der Waals surface area contributed by atoms with E-state index in [0.29, 0.717) is 25.4 Å². The molecule has 1 saturated carbocycles. The Morgan fingerprint density at radius 3 is 2.82 bits per heavy atom. The molecule has 0 aromatic heterocycles. The highest BCUT2D eigenvalue weighted by atomic mass is 16.5. The van der Waals surface area contributed by atoms with E-state index in [1.54, 1.807) is 0 Å². The molecule has 1 heterocycles. The van der Waals surface area contributed by atoms with Gasteiger partial charge in [0.1, 0.15) is 12.4 Å². The number of ether oxygens (including phenoxy) is 1. The number of para-hydroxylation sites is 1. The summed E-state index contributed by atoms with van der Waals surface area (Å²) in [7, 11) is 0. The number of carbonyl (C=O) groups excluding carboxylic acids is 1. The lowest BCUT2D eigenvalue weighted by Gasteiger charge is -2.25. The summed E-state index contributed by atoms with van der Waals surface area (Å²) >= 11 is 0. The highest BCUT2D eigenvalue weighted by Gasteiger charge is 2.31. The minimum atomic E-state index is -0.822. The smallest absolute Gasteiger partial charge is 0.308 e. The van der Waals surface area contributed by atoms with Crippen molar-refractivity contribution < 1.29 is 19.4 Å². The van der Waals surface area contributed by atoms with Crippen molar-refractivity contribution in [3.05, 3.63) is 29.8 Å². The summed E-state index contributed by atoms with van der Waals surface area (Å²) < 4.78 is 5.61. The molecule has 3 rings (SSSR count). The van der Waals surface area contributed by atoms with Crippen LogP contribution in [0.4, 0.5) is 0 Å². The number of amides is 1. The maximum Gasteiger partial charge on any atom is 0.308 e. The zero-order valence-electron chi connectivity index (χ0n) is 12.5. The maximum atomic E-state index is 12.3. The number of carboxylic acids is 1. The summed E-state index contributed by atoms with van der Waals surface area (Å²) in [5, 5.41) is 12.0. The van der Waals surface area contributed by atoms with E-state index < -0.39 is 11.9 Å². The zero-order valence-corrected chi connectivity index (χ0v) is 12.5. The molecule has 5 heteroatoms. The number of aliphatic carboxylic acids is 1. The van der Waals surface area contributed by atoms with E-state index in [-0.39, 0.29) is 18.4 Å². The molecule has 1 aliphatic heterocycles. The topological polar surface area (TPSA) is 75.6 Å². The van der Waals surface area contributed by atoms with Crippen LogP contribution in [0.15, 0.2) is 24.3 Å². The Morgan fingerprint density at radius 1 is 1.32 bits per heavy atom. The molecule has 1 amide bonds. The first-order chi connectivity index (χ1) is 10.6. The van der Waals surface area contributed by atoms with Gasteiger partial charge in [-0.1, -0.05) is 31.0 Å². The minimum absolute atomic E-state index is 0.114. The van der Waals surface area contributed by atoms with Crippen molar-refractivity contribution in [3.8, 4) is 5.75 Å². The third-order valence-corrected chi connectivity index (χ3v) is 4.44. The van der Waals surface area contributed by atoms with Gasteiger partial charge in [-0.3, -0.25) is 9.59 Å². The molecule has 22 heavy (non-hydrogen) atoms. The third kappa shape index (κ3) is 3.59. The lowest BCUT2D eigenvalue weighted by Crippen LogP contribution is -2.40. The summed E-state index contributed by atoms with van der Waals surface area (Å²) in [6.45, 7) is 0.562. The number of benzene rings is 1. The van der Waals surface area contributed by atoms with E-state index in [2.05, 4.69) is 5.32 Å². The van der Waals surface area contributed by atoms with Crippen molar-refractivity contribution in [3.63, 3.8) is 0 Å². The van der Waals surface area contributed by atoms with Crippen LogP contribution in [0.3, 0.4) is 0 Å². The van der Waals surface area contributed by atoms with Gasteiger partial charge in [0.15, 0.2) is 0 Å². The van der Waals surface area contributed by atoms with E-state index in [1.807, 2.05) is 24.3 Å². The van der Waals surface area contributed by atoms with Gasteiger partial charge in [0.25, 0.3) is 0 Å². The van der Waals surface area contributed by atoms with Crippen LogP contribution in [0, 0.1) is 17.8 Å². The van der Waals surface area contributed by atoms with Crippen LogP contribution >= 0.6 is 0 Å². The SMILES string of the molecule is O=C(O)C(CNC(=O)C1COc2ccccc2C1)CC1CC1. The fourth-order valence-electron chi connectivity index (χ4n) is 2.89. The Balaban J connectivity index is 1.52. The number of carboxylic acid groups (broad SMARTS) is 1. The Hall–Kier alpha value is -2.04. The number of rotatable bonds is 6. The second-order valence-corrected chi connectivity index (χ2v) is 6.28. The van der Waals surface area contributed by atoms with Crippen LogP contribution in [0.1, 0.15) is 24.8 Å². The number of hydrogen-bond donors (Lipinski definition) is 2. The Kier molecular flexibility index (Phi) is 4.32. The van der Waals surface area contributed by atoms with E-state index in [1.165, 1.54) is 0 Å². The number of nitrogens with one attached hydrogen (secondary N) is 1. The highest BCUT2D eigenvalue weighted by Crippen LogP contribution is 2.35. The van der Waals surface area contributed by atoms with Crippen LogP contribution in [0.5, 0.6) is 5.75 Å². The van der Waals surface area contributed by atoms with Gasteiger partial charge in [-0.25, -0.2) is 0 Å². The normalized spacial score (nSPS) is 21.4. The molecule has 2 unspecified atom stereocenters. The largest absolute Gasteiger partial charge is 0.492 e. The first-order valence-corrected chi connectivity index (χ1v) is 7.84. The van der Waals surface area contributed by atoms with Gasteiger partial charge >= 0.3 is 5.97 Å². The average molecular weight is 303 g/mol. The Bertz CT molecular complexity index is 568. The number of carbonyl (C=O) groups is 2. The molecule has 2 aliphatic rings. The molecule has 5 nitrogen and oxygen atoms in total. The van der Waals surface area contributed by atoms with Gasteiger partial charge in [0.2, 0.25) is 5.91 Å². The summed E-state index contributed by atoms with van der Waals surface area (Å²) in [6, 6.07) is 7.70. The monoisotopic (exact) mass is 303 g/mol. The lowest BCUT2D eigenvalue weighted by atomic mass is 9.95. The summed E-state index contributed by atoms with van der Waals surface area (Å²) in [4.78, 5) is 23.5. The predicted octanol–water partition coefficient (Wildman–Crippen LogP) is 1.85. The Labute approximate surface area is 129 Å². The molecule has 2 atom stereocenters. The molecule has 1 aromatic carbocycles. The van der Waals surface area contributed by atoms with Crippen LogP contribution < -0.4 is 10.1 Å². The minimum Gasteiger partial charge on any atom is -0.492 e. The van der Waals surface area contributed by atoms with Gasteiger partial charge in [0, 0.05) is 6.54 Å². The number of fused-ring (bicyclic) bond motifs is 1. The summed E-state index contributed by atoms with van der Waals surface area (Å²) in [5.41, 5.74) is 1.03. The van der Waals surface area contributed by atoms with E-state index in [9.17, 15) is 14.7 Å². The molecule has 118 valence electrons. The van der Waals surface area contributed by atoms with Gasteiger partial charge in [-0.15, -0.1) is 0 Å². The van der Waals surface area contributed by atoms with Crippen LogP contribution in [-0.2, 0) is 16.0 Å². The molecule has 1 aromatic rings. The molecule has 1 fully saturated rings. The molecular weight excluding hydrogens is 282 g/mol. The highest BCUT2D eigenvalue weighted by molar-refractivity contribution is 5.80. The van der Waals surface area contributed by atoms with Crippen molar-refractivity contribution in [1.29, 1.82) is 0 Å². The van der Waals surface area contributed by atoms with Gasteiger partial charge < -0.3 is 15.2 Å². The van der Waals surface area contributed by atoms with E-state index in [4.69, 9.17) is 4.74 Å². The average Bonchev–Trinajstić information content (AvgIpc) is 3.34. The summed E-state index contributed by atoms with van der Waals surface area (Å²) in [6.07, 6.45) is 3.54. The van der Waals surface area contributed by atoms with Gasteiger partial charge in [-0.2, -0.15) is 0 Å². The van der Waals surface area contributed by atoms with Crippen molar-refractivity contribution in [2.45, 2.75) is 25.7 Å².